The van der Waals surface area contributed by atoms with E-state index in [1.54, 1.807) is 11.3 Å². The molecule has 0 aliphatic rings. The van der Waals surface area contributed by atoms with Crippen molar-refractivity contribution in [2.75, 3.05) is 0 Å². The van der Waals surface area contributed by atoms with Gasteiger partial charge in [-0.2, -0.15) is 0 Å². The highest BCUT2D eigenvalue weighted by Gasteiger charge is 2.09. The molecule has 4 heteroatoms. The fraction of sp³-hybridized carbons (Fsp3) is 0.259. The molecule has 0 N–H and O–H groups in total. The highest BCUT2D eigenvalue weighted by molar-refractivity contribution is 7.18. The predicted molar refractivity (Wildman–Crippen MR) is 130 cm³/mol. The highest BCUT2D eigenvalue weighted by atomic mass is 32.1. The molecule has 158 valence electrons. The van der Waals surface area contributed by atoms with Crippen molar-refractivity contribution in [2.45, 2.75) is 46.0 Å². The molecule has 4 aromatic rings. The highest BCUT2D eigenvalue weighted by Crippen LogP contribution is 2.34. The van der Waals surface area contributed by atoms with E-state index in [2.05, 4.69) is 48.3 Å². The number of benzene rings is 3. The van der Waals surface area contributed by atoms with E-state index in [1.807, 2.05) is 30.5 Å². The van der Waals surface area contributed by atoms with Gasteiger partial charge in [-0.25, -0.2) is 4.98 Å². The molecule has 0 fully saturated rings. The van der Waals surface area contributed by atoms with Crippen molar-refractivity contribution in [1.29, 1.82) is 0 Å². The van der Waals surface area contributed by atoms with Gasteiger partial charge in [-0.05, 0) is 52.9 Å². The van der Waals surface area contributed by atoms with Crippen molar-refractivity contribution in [2.24, 2.45) is 0 Å². The number of unbranched alkanes of at least 4 members (excludes halogenated alkanes) is 3. The molecule has 0 saturated heterocycles. The van der Waals surface area contributed by atoms with E-state index >= 15 is 0 Å². The second-order valence-corrected chi connectivity index (χ2v) is 8.89. The molecular formula is C27H27NO2S. The summed E-state index contributed by atoms with van der Waals surface area (Å²) in [4.78, 5) is 17.0. The number of nitrogens with zero attached hydrogens (tertiary/aromatic N) is 1. The van der Waals surface area contributed by atoms with Crippen molar-refractivity contribution in [1.82, 2.24) is 4.98 Å². The molecule has 0 atom stereocenters. The number of aromatic nitrogens is 1. The second kappa shape index (κ2) is 9.88. The molecule has 1 aromatic heterocycles. The van der Waals surface area contributed by atoms with Gasteiger partial charge in [0, 0.05) is 18.7 Å². The first-order valence-corrected chi connectivity index (χ1v) is 11.7. The fourth-order valence-electron chi connectivity index (χ4n) is 3.72. The maximum Gasteiger partial charge on any atom is 0.308 e. The summed E-state index contributed by atoms with van der Waals surface area (Å²) in [5, 5.41) is 3.14. The van der Waals surface area contributed by atoms with E-state index < -0.39 is 0 Å². The van der Waals surface area contributed by atoms with E-state index in [1.165, 1.54) is 48.6 Å². The largest absolute Gasteiger partial charge is 0.427 e. The van der Waals surface area contributed by atoms with E-state index in [0.717, 1.165) is 27.8 Å². The lowest BCUT2D eigenvalue weighted by atomic mass is 10.0. The van der Waals surface area contributed by atoms with Crippen LogP contribution in [0.3, 0.4) is 0 Å². The number of carbonyl (C=O) groups is 1. The second-order valence-electron chi connectivity index (χ2n) is 7.85. The number of esters is 1. The number of ether oxygens (including phenoxy) is 1. The van der Waals surface area contributed by atoms with Gasteiger partial charge in [0.2, 0.25) is 0 Å². The molecule has 4 rings (SSSR count). The molecule has 0 aliphatic heterocycles. The summed E-state index contributed by atoms with van der Waals surface area (Å²) in [7, 11) is 0. The molecule has 0 bridgehead atoms. The number of rotatable bonds is 8. The van der Waals surface area contributed by atoms with Gasteiger partial charge in [0.05, 0.1) is 4.88 Å². The number of aryl methyl sites for hydroxylation is 1. The Bertz CT molecular complexity index is 1180. The van der Waals surface area contributed by atoms with Gasteiger partial charge in [0.25, 0.3) is 0 Å². The van der Waals surface area contributed by atoms with Crippen LogP contribution in [0.15, 0.2) is 66.9 Å². The first kappa shape index (κ1) is 21.3. The fourth-order valence-corrected chi connectivity index (χ4v) is 4.64. The number of thiazole rings is 1. The van der Waals surface area contributed by atoms with Crippen LogP contribution in [0.25, 0.3) is 31.8 Å². The lowest BCUT2D eigenvalue weighted by Gasteiger charge is -2.05. The molecule has 0 unspecified atom stereocenters. The first-order valence-electron chi connectivity index (χ1n) is 10.9. The van der Waals surface area contributed by atoms with Crippen molar-refractivity contribution in [3.63, 3.8) is 0 Å². The Kier molecular flexibility index (Phi) is 6.78. The Morgan fingerprint density at radius 3 is 2.42 bits per heavy atom. The van der Waals surface area contributed by atoms with Gasteiger partial charge in [-0.3, -0.25) is 4.79 Å². The van der Waals surface area contributed by atoms with Gasteiger partial charge in [0.15, 0.2) is 0 Å². The van der Waals surface area contributed by atoms with Crippen LogP contribution < -0.4 is 4.74 Å². The number of carbonyl (C=O) groups excluding carboxylic acids is 1. The minimum atomic E-state index is -0.309. The molecular weight excluding hydrogens is 402 g/mol. The smallest absolute Gasteiger partial charge is 0.308 e. The van der Waals surface area contributed by atoms with Gasteiger partial charge in [-0.15, -0.1) is 11.3 Å². The minimum absolute atomic E-state index is 0.309. The van der Waals surface area contributed by atoms with Crippen LogP contribution in [0.1, 0.15) is 45.1 Å². The van der Waals surface area contributed by atoms with Crippen LogP contribution in [0, 0.1) is 0 Å². The van der Waals surface area contributed by atoms with Gasteiger partial charge >= 0.3 is 5.97 Å². The monoisotopic (exact) mass is 429 g/mol. The van der Waals surface area contributed by atoms with Crippen molar-refractivity contribution >= 4 is 28.1 Å². The van der Waals surface area contributed by atoms with Crippen LogP contribution >= 0.6 is 11.3 Å². The molecule has 3 aromatic carbocycles. The average molecular weight is 430 g/mol. The summed E-state index contributed by atoms with van der Waals surface area (Å²) < 4.78 is 5.18. The zero-order valence-corrected chi connectivity index (χ0v) is 18.9. The van der Waals surface area contributed by atoms with Crippen LogP contribution in [-0.4, -0.2) is 11.0 Å². The Labute approximate surface area is 187 Å². The summed E-state index contributed by atoms with van der Waals surface area (Å²) in [5.74, 6) is 0.258. The average Bonchev–Trinajstić information content (AvgIpc) is 3.27. The van der Waals surface area contributed by atoms with E-state index in [9.17, 15) is 4.79 Å². The summed E-state index contributed by atoms with van der Waals surface area (Å²) in [6.45, 7) is 3.66. The molecule has 0 amide bonds. The Hall–Kier alpha value is -2.98. The van der Waals surface area contributed by atoms with Crippen LogP contribution in [-0.2, 0) is 11.2 Å². The van der Waals surface area contributed by atoms with Crippen molar-refractivity contribution in [3.8, 4) is 26.8 Å². The molecule has 0 saturated carbocycles. The third-order valence-corrected chi connectivity index (χ3v) is 6.48. The Balaban J connectivity index is 1.49. The molecule has 0 aliphatic carbocycles. The SMILES string of the molecule is CCCCCCc1ccc(-c2cnc(-c3ccc4cc(OC(C)=O)ccc4c3)s2)cc1. The standard InChI is InChI=1S/C27H27NO2S/c1-3-4-5-6-7-20-8-10-21(11-9-20)26-18-28-27(31-26)24-13-12-23-17-25(30-19(2)29)15-14-22(23)16-24/h8-18H,3-7H2,1-2H3. The third-order valence-electron chi connectivity index (χ3n) is 5.38. The predicted octanol–water partition coefficient (Wildman–Crippen LogP) is 7.68. The quantitative estimate of drug-likeness (QED) is 0.164. The lowest BCUT2D eigenvalue weighted by Crippen LogP contribution is -2.00. The number of fused-ring (bicyclic) bond motifs is 1. The van der Waals surface area contributed by atoms with Gasteiger partial charge < -0.3 is 4.74 Å². The Morgan fingerprint density at radius 2 is 1.65 bits per heavy atom. The topological polar surface area (TPSA) is 39.2 Å². The number of hydrogen-bond acceptors (Lipinski definition) is 4. The van der Waals surface area contributed by atoms with Crippen LogP contribution in [0.2, 0.25) is 0 Å². The summed E-state index contributed by atoms with van der Waals surface area (Å²) in [5.41, 5.74) is 3.72. The summed E-state index contributed by atoms with van der Waals surface area (Å²) >= 11 is 1.71. The third kappa shape index (κ3) is 5.39. The van der Waals surface area contributed by atoms with Crippen LogP contribution in [0.5, 0.6) is 5.75 Å². The maximum absolute atomic E-state index is 11.2. The van der Waals surface area contributed by atoms with E-state index in [0.29, 0.717) is 5.75 Å². The molecule has 0 radical (unpaired) electrons. The van der Waals surface area contributed by atoms with Crippen LogP contribution in [0.4, 0.5) is 0 Å². The summed E-state index contributed by atoms with van der Waals surface area (Å²) in [6, 6.07) is 20.9. The van der Waals surface area contributed by atoms with E-state index in [4.69, 9.17) is 4.74 Å². The molecule has 1 heterocycles. The first-order chi connectivity index (χ1) is 15.1. The summed E-state index contributed by atoms with van der Waals surface area (Å²) in [6.07, 6.45) is 8.30. The minimum Gasteiger partial charge on any atom is -0.427 e. The van der Waals surface area contributed by atoms with Gasteiger partial charge in [-0.1, -0.05) is 68.7 Å². The normalized spacial score (nSPS) is 11.0. The number of hydrogen-bond donors (Lipinski definition) is 0. The molecule has 3 nitrogen and oxygen atoms in total. The van der Waals surface area contributed by atoms with Crippen molar-refractivity contribution < 1.29 is 9.53 Å². The zero-order valence-electron chi connectivity index (χ0n) is 18.1. The van der Waals surface area contributed by atoms with E-state index in [-0.39, 0.29) is 5.97 Å². The van der Waals surface area contributed by atoms with Crippen molar-refractivity contribution in [3.05, 3.63) is 72.4 Å². The Morgan fingerprint density at radius 1 is 0.903 bits per heavy atom. The zero-order chi connectivity index (χ0) is 21.6. The lowest BCUT2D eigenvalue weighted by molar-refractivity contribution is -0.131. The molecule has 0 spiro atoms. The maximum atomic E-state index is 11.2. The molecule has 31 heavy (non-hydrogen) atoms. The van der Waals surface area contributed by atoms with Gasteiger partial charge in [0.1, 0.15) is 10.8 Å².